The summed E-state index contributed by atoms with van der Waals surface area (Å²) in [4.78, 5) is 25.2. The number of benzene rings is 1. The van der Waals surface area contributed by atoms with E-state index in [1.54, 1.807) is 17.0 Å². The van der Waals surface area contributed by atoms with E-state index in [4.69, 9.17) is 4.98 Å². The second kappa shape index (κ2) is 9.02. The molecule has 0 aliphatic carbocycles. The topological polar surface area (TPSA) is 63.1 Å². The highest BCUT2D eigenvalue weighted by Crippen LogP contribution is 2.31. The Morgan fingerprint density at radius 3 is 2.65 bits per heavy atom. The Hall–Kier alpha value is -2.99. The number of hydrogen-bond acceptors (Lipinski definition) is 5. The zero-order valence-corrected chi connectivity index (χ0v) is 18.8. The molecule has 1 aromatic carbocycles. The van der Waals surface area contributed by atoms with Crippen LogP contribution >= 0.6 is 0 Å². The second-order valence-corrected chi connectivity index (χ2v) is 8.66. The lowest BCUT2D eigenvalue weighted by Crippen LogP contribution is -2.43. The van der Waals surface area contributed by atoms with Gasteiger partial charge in [0.05, 0.1) is 11.3 Å². The van der Waals surface area contributed by atoms with Gasteiger partial charge in [0.1, 0.15) is 0 Å². The molecule has 1 aliphatic heterocycles. The van der Waals surface area contributed by atoms with Crippen molar-refractivity contribution in [1.29, 1.82) is 0 Å². The normalized spacial score (nSPS) is 16.3. The number of aromatic nitrogens is 3. The zero-order chi connectivity index (χ0) is 22.0. The number of nitrogens with zero attached hydrogens (tertiary/aromatic N) is 4. The summed E-state index contributed by atoms with van der Waals surface area (Å²) in [7, 11) is 1.84. The Balaban J connectivity index is 1.87. The van der Waals surface area contributed by atoms with Gasteiger partial charge in [-0.25, -0.2) is 4.98 Å². The molecule has 0 saturated carbocycles. The molecule has 162 valence electrons. The Bertz CT molecular complexity index is 1110. The molecule has 0 radical (unpaired) electrons. The van der Waals surface area contributed by atoms with Crippen LogP contribution in [0.4, 0.5) is 5.95 Å². The Kier molecular flexibility index (Phi) is 6.18. The van der Waals surface area contributed by atoms with Crippen LogP contribution in [-0.4, -0.2) is 39.7 Å². The van der Waals surface area contributed by atoms with Gasteiger partial charge in [-0.15, -0.1) is 0 Å². The fourth-order valence-electron chi connectivity index (χ4n) is 4.31. The third kappa shape index (κ3) is 4.39. The van der Waals surface area contributed by atoms with Crippen molar-refractivity contribution >= 4 is 5.95 Å². The summed E-state index contributed by atoms with van der Waals surface area (Å²) in [5.41, 5.74) is 4.24. The van der Waals surface area contributed by atoms with E-state index in [-0.39, 0.29) is 5.56 Å². The van der Waals surface area contributed by atoms with E-state index in [0.717, 1.165) is 48.6 Å². The molecule has 0 bridgehead atoms. The van der Waals surface area contributed by atoms with Gasteiger partial charge in [0, 0.05) is 50.2 Å². The molecule has 1 atom stereocenters. The standard InChI is InChI=1S/C25H31N5O/c1-17(2)27-16-21-9-6-14-30(21)25-28-23(19-10-12-26-13-11-19)22(24(31)29(25)4)20-8-5-7-18(3)15-20/h5,7-8,10-13,15,17,21,27H,6,9,14,16H2,1-4H3/t21-/m1/s1. The van der Waals surface area contributed by atoms with Crippen molar-refractivity contribution < 1.29 is 0 Å². The molecule has 3 aromatic rings. The van der Waals surface area contributed by atoms with E-state index in [1.165, 1.54) is 0 Å². The molecule has 0 unspecified atom stereocenters. The van der Waals surface area contributed by atoms with Gasteiger partial charge in [-0.3, -0.25) is 14.3 Å². The number of nitrogens with one attached hydrogen (secondary N) is 1. The summed E-state index contributed by atoms with van der Waals surface area (Å²) in [6.07, 6.45) is 5.70. The predicted octanol–water partition coefficient (Wildman–Crippen LogP) is 3.78. The molecular formula is C25H31N5O. The Morgan fingerprint density at radius 1 is 1.16 bits per heavy atom. The molecular weight excluding hydrogens is 386 g/mol. The predicted molar refractivity (Wildman–Crippen MR) is 126 cm³/mol. The SMILES string of the molecule is Cc1cccc(-c2c(-c3ccncc3)nc(N3CCC[C@@H]3CNC(C)C)n(C)c2=O)c1. The first-order chi connectivity index (χ1) is 15.0. The first-order valence-electron chi connectivity index (χ1n) is 11.0. The van der Waals surface area contributed by atoms with E-state index < -0.39 is 0 Å². The molecule has 1 fully saturated rings. The van der Waals surface area contributed by atoms with Gasteiger partial charge in [0.2, 0.25) is 5.95 Å². The smallest absolute Gasteiger partial charge is 0.263 e. The summed E-state index contributed by atoms with van der Waals surface area (Å²) in [5.74, 6) is 0.737. The average Bonchev–Trinajstić information content (AvgIpc) is 3.23. The van der Waals surface area contributed by atoms with Crippen LogP contribution in [0.5, 0.6) is 0 Å². The summed E-state index contributed by atoms with van der Waals surface area (Å²) >= 11 is 0. The summed E-state index contributed by atoms with van der Waals surface area (Å²) in [6.45, 7) is 8.15. The van der Waals surface area contributed by atoms with Crippen LogP contribution in [-0.2, 0) is 7.05 Å². The first-order valence-corrected chi connectivity index (χ1v) is 11.0. The van der Waals surface area contributed by atoms with Crippen LogP contribution < -0.4 is 15.8 Å². The first kappa shape index (κ1) is 21.2. The van der Waals surface area contributed by atoms with Gasteiger partial charge < -0.3 is 10.2 Å². The van der Waals surface area contributed by atoms with Gasteiger partial charge >= 0.3 is 0 Å². The van der Waals surface area contributed by atoms with Gasteiger partial charge in [-0.05, 0) is 37.5 Å². The number of aryl methyl sites for hydroxylation is 1. The van der Waals surface area contributed by atoms with Crippen molar-refractivity contribution in [2.45, 2.75) is 45.7 Å². The van der Waals surface area contributed by atoms with E-state index in [9.17, 15) is 4.79 Å². The Morgan fingerprint density at radius 2 is 1.94 bits per heavy atom. The molecule has 2 aromatic heterocycles. The van der Waals surface area contributed by atoms with Gasteiger partial charge in [0.25, 0.3) is 5.56 Å². The maximum Gasteiger partial charge on any atom is 0.263 e. The van der Waals surface area contributed by atoms with E-state index in [1.807, 2.05) is 50.4 Å². The number of rotatable bonds is 6. The molecule has 6 heteroatoms. The van der Waals surface area contributed by atoms with Crippen molar-refractivity contribution in [3.63, 3.8) is 0 Å². The van der Waals surface area contributed by atoms with Crippen molar-refractivity contribution in [2.24, 2.45) is 7.05 Å². The minimum Gasteiger partial charge on any atom is -0.338 e. The summed E-state index contributed by atoms with van der Waals surface area (Å²) in [5, 5.41) is 3.55. The van der Waals surface area contributed by atoms with Crippen molar-refractivity contribution in [1.82, 2.24) is 19.9 Å². The molecule has 1 N–H and O–H groups in total. The molecule has 1 aliphatic rings. The maximum atomic E-state index is 13.7. The zero-order valence-electron chi connectivity index (χ0n) is 18.8. The molecule has 31 heavy (non-hydrogen) atoms. The lowest BCUT2D eigenvalue weighted by atomic mass is 9.99. The van der Waals surface area contributed by atoms with Crippen LogP contribution in [0.3, 0.4) is 0 Å². The molecule has 1 saturated heterocycles. The number of hydrogen-bond donors (Lipinski definition) is 1. The van der Waals surface area contributed by atoms with Gasteiger partial charge in [0.15, 0.2) is 0 Å². The Labute approximate surface area is 184 Å². The molecule has 4 rings (SSSR count). The number of pyridine rings is 1. The van der Waals surface area contributed by atoms with Crippen molar-refractivity contribution in [3.8, 4) is 22.4 Å². The van der Waals surface area contributed by atoms with E-state index in [0.29, 0.717) is 23.3 Å². The number of anilines is 1. The third-order valence-electron chi connectivity index (χ3n) is 5.92. The van der Waals surface area contributed by atoms with Crippen LogP contribution in [0.15, 0.2) is 53.6 Å². The monoisotopic (exact) mass is 417 g/mol. The average molecular weight is 418 g/mol. The fourth-order valence-corrected chi connectivity index (χ4v) is 4.31. The third-order valence-corrected chi connectivity index (χ3v) is 5.92. The summed E-state index contributed by atoms with van der Waals surface area (Å²) in [6, 6.07) is 12.7. The van der Waals surface area contributed by atoms with Gasteiger partial charge in [-0.1, -0.05) is 43.7 Å². The van der Waals surface area contributed by atoms with Crippen LogP contribution in [0, 0.1) is 6.92 Å². The van der Waals surface area contributed by atoms with Crippen molar-refractivity contribution in [3.05, 3.63) is 64.7 Å². The highest BCUT2D eigenvalue weighted by molar-refractivity contribution is 5.81. The quantitative estimate of drug-likeness (QED) is 0.661. The second-order valence-electron chi connectivity index (χ2n) is 8.66. The van der Waals surface area contributed by atoms with Crippen LogP contribution in [0.1, 0.15) is 32.3 Å². The van der Waals surface area contributed by atoms with Gasteiger partial charge in [-0.2, -0.15) is 0 Å². The minimum absolute atomic E-state index is 0.0233. The summed E-state index contributed by atoms with van der Waals surface area (Å²) < 4.78 is 1.72. The minimum atomic E-state index is -0.0233. The largest absolute Gasteiger partial charge is 0.338 e. The molecule has 0 spiro atoms. The fraction of sp³-hybridized carbons (Fsp3) is 0.400. The van der Waals surface area contributed by atoms with Crippen LogP contribution in [0.25, 0.3) is 22.4 Å². The van der Waals surface area contributed by atoms with Crippen LogP contribution in [0.2, 0.25) is 0 Å². The highest BCUT2D eigenvalue weighted by atomic mass is 16.1. The maximum absolute atomic E-state index is 13.7. The molecule has 3 heterocycles. The lowest BCUT2D eigenvalue weighted by molar-refractivity contribution is 0.517. The highest BCUT2D eigenvalue weighted by Gasteiger charge is 2.29. The van der Waals surface area contributed by atoms with Crippen molar-refractivity contribution in [2.75, 3.05) is 18.0 Å². The lowest BCUT2D eigenvalue weighted by Gasteiger charge is -2.29. The van der Waals surface area contributed by atoms with E-state index in [2.05, 4.69) is 29.0 Å². The van der Waals surface area contributed by atoms with E-state index >= 15 is 0 Å². The molecule has 6 nitrogen and oxygen atoms in total. The molecule has 0 amide bonds.